The van der Waals surface area contributed by atoms with Crippen LogP contribution in [0.25, 0.3) is 11.1 Å². The Bertz CT molecular complexity index is 2230. The summed E-state index contributed by atoms with van der Waals surface area (Å²) in [6, 6.07) is 9.24. The third-order valence-corrected chi connectivity index (χ3v) is 12.6. The zero-order valence-corrected chi connectivity index (χ0v) is 38.0. The SMILES string of the molecule is COC1CCC2(CC1)OC(=O)C(c1ccc(C)cc1Cl)=C2OS(C)(=O)=O.COC1CCC2(CC1)OC(=O)C(c1ccc(S(C)(=O)=O)cc1Cl)=C2O.COS(C)=O.O=S=O. The van der Waals surface area contributed by atoms with Gasteiger partial charge in [0.2, 0.25) is 0 Å². The maximum absolute atomic E-state index is 12.7. The summed E-state index contributed by atoms with van der Waals surface area (Å²) >= 11 is 10.7. The molecule has 16 nitrogen and oxygen atoms in total. The molecule has 2 spiro atoms. The first-order valence-electron chi connectivity index (χ1n) is 17.7. The second kappa shape index (κ2) is 21.0. The van der Waals surface area contributed by atoms with Crippen molar-refractivity contribution >= 4 is 88.9 Å². The minimum Gasteiger partial charge on any atom is -0.507 e. The van der Waals surface area contributed by atoms with Crippen molar-refractivity contribution in [2.24, 2.45) is 0 Å². The fourth-order valence-electron chi connectivity index (χ4n) is 6.94. The summed E-state index contributed by atoms with van der Waals surface area (Å²) in [7, 11) is -2.61. The molecule has 2 fully saturated rings. The summed E-state index contributed by atoms with van der Waals surface area (Å²) in [6.07, 6.45) is 8.01. The molecule has 6 rings (SSSR count). The highest BCUT2D eigenvalue weighted by atomic mass is 35.5. The fraction of sp³-hybridized carbons (Fsp3) is 0.514. The van der Waals surface area contributed by atoms with Crippen molar-refractivity contribution in [2.45, 2.75) is 86.6 Å². The number of carbonyl (C=O) groups is 2. The van der Waals surface area contributed by atoms with Crippen LogP contribution in [0.1, 0.15) is 68.1 Å². The van der Waals surface area contributed by atoms with Gasteiger partial charge in [-0.25, -0.2) is 22.2 Å². The molecule has 2 aromatic carbocycles. The first-order chi connectivity index (χ1) is 27.5. The van der Waals surface area contributed by atoms with E-state index in [9.17, 15) is 35.7 Å². The predicted molar refractivity (Wildman–Crippen MR) is 219 cm³/mol. The number of esters is 2. The summed E-state index contributed by atoms with van der Waals surface area (Å²) in [5, 5.41) is 11.1. The number of hydrogen-bond donors (Lipinski definition) is 1. The molecule has 1 unspecified atom stereocenters. The lowest BCUT2D eigenvalue weighted by molar-refractivity contribution is -0.152. The Kier molecular flexibility index (Phi) is 17.9. The number of halogens is 2. The maximum Gasteiger partial charge on any atom is 0.343 e. The van der Waals surface area contributed by atoms with Gasteiger partial charge in [-0.05, 0) is 82.1 Å². The first kappa shape index (κ1) is 50.1. The zero-order chi connectivity index (χ0) is 44.5. The molecule has 0 amide bonds. The second-order valence-corrected chi connectivity index (χ2v) is 19.6. The quantitative estimate of drug-likeness (QED) is 0.259. The van der Waals surface area contributed by atoms with Crippen molar-refractivity contribution in [2.75, 3.05) is 40.1 Å². The van der Waals surface area contributed by atoms with Gasteiger partial charge in [-0.3, -0.25) is 4.18 Å². The van der Waals surface area contributed by atoms with Crippen LogP contribution >= 0.6 is 23.2 Å². The van der Waals surface area contributed by atoms with Crippen LogP contribution in [0.3, 0.4) is 0 Å². The van der Waals surface area contributed by atoms with Gasteiger partial charge in [0.15, 0.2) is 43.6 Å². The van der Waals surface area contributed by atoms with Crippen molar-refractivity contribution in [1.29, 1.82) is 0 Å². The number of benzene rings is 2. The van der Waals surface area contributed by atoms with Crippen LogP contribution in [0, 0.1) is 6.92 Å². The van der Waals surface area contributed by atoms with E-state index >= 15 is 0 Å². The largest absolute Gasteiger partial charge is 0.507 e. The Morgan fingerprint density at radius 1 is 0.780 bits per heavy atom. The highest BCUT2D eigenvalue weighted by Crippen LogP contribution is 2.49. The van der Waals surface area contributed by atoms with Crippen molar-refractivity contribution in [3.8, 4) is 0 Å². The molecular formula is C37H46Cl2O16S4. The second-order valence-electron chi connectivity index (χ2n) is 13.9. The number of sulfone groups is 1. The van der Waals surface area contributed by atoms with E-state index in [0.717, 1.165) is 18.1 Å². The standard InChI is InChI=1S/C18H21ClO6S.C17H19ClO6S.C2H6O2S.O2S/c1-11-4-5-13(14(19)10-11)15-16(25-26(3,21)22)18(24-17(15)20)8-6-12(23-2)7-9-18;1-23-10-5-7-17(8-6-10)15(19)14(16(20)24-17)12-4-3-11(9-13(12)18)25(2,21)22;1-4-5(2)3;1-3-2/h4-5,10,12H,6-9H2,1-3H3;3-4,9-10,19H,5-8H2,1-2H3;1-2H3;. The van der Waals surface area contributed by atoms with E-state index in [1.807, 2.05) is 6.92 Å². The average Bonchev–Trinajstić information content (AvgIpc) is 3.55. The minimum absolute atomic E-state index is 0.000850. The molecule has 1 N–H and O–H groups in total. The Morgan fingerprint density at radius 2 is 1.20 bits per heavy atom. The van der Waals surface area contributed by atoms with Crippen LogP contribution in [0.5, 0.6) is 0 Å². The molecule has 328 valence electrons. The van der Waals surface area contributed by atoms with Gasteiger partial charge >= 0.3 is 33.6 Å². The normalized spacial score (nSPS) is 24.5. The maximum atomic E-state index is 12.7. The predicted octanol–water partition coefficient (Wildman–Crippen LogP) is 5.37. The van der Waals surface area contributed by atoms with Crippen LogP contribution in [-0.2, 0) is 79.5 Å². The number of rotatable bonds is 8. The third kappa shape index (κ3) is 12.7. The fourth-order valence-corrected chi connectivity index (χ4v) is 8.80. The highest BCUT2D eigenvalue weighted by molar-refractivity contribution is 7.90. The van der Waals surface area contributed by atoms with Crippen LogP contribution in [-0.4, -0.2) is 110 Å². The molecule has 2 aliphatic carbocycles. The molecule has 2 aromatic rings. The van der Waals surface area contributed by atoms with E-state index in [-0.39, 0.29) is 50.4 Å². The summed E-state index contributed by atoms with van der Waals surface area (Å²) in [5.74, 6) is -1.38. The van der Waals surface area contributed by atoms with Gasteiger partial charge in [-0.2, -0.15) is 16.8 Å². The highest BCUT2D eigenvalue weighted by Gasteiger charge is 2.53. The molecule has 0 radical (unpaired) electrons. The smallest absolute Gasteiger partial charge is 0.343 e. The molecule has 0 bridgehead atoms. The molecule has 1 atom stereocenters. The van der Waals surface area contributed by atoms with E-state index in [1.165, 1.54) is 31.6 Å². The Hall–Kier alpha value is -3.21. The van der Waals surface area contributed by atoms with Crippen LogP contribution in [0.15, 0.2) is 52.8 Å². The van der Waals surface area contributed by atoms with Crippen molar-refractivity contribution in [3.63, 3.8) is 0 Å². The van der Waals surface area contributed by atoms with Crippen LogP contribution in [0.4, 0.5) is 0 Å². The van der Waals surface area contributed by atoms with Crippen molar-refractivity contribution < 1.29 is 71.5 Å². The number of carbonyl (C=O) groups excluding carboxylic acids is 2. The van der Waals surface area contributed by atoms with E-state index in [1.54, 1.807) is 32.4 Å². The summed E-state index contributed by atoms with van der Waals surface area (Å²) < 4.78 is 105. The minimum atomic E-state index is -3.85. The van der Waals surface area contributed by atoms with Gasteiger partial charge in [0, 0.05) is 42.9 Å². The van der Waals surface area contributed by atoms with Crippen molar-refractivity contribution in [1.82, 2.24) is 0 Å². The van der Waals surface area contributed by atoms with Gasteiger partial charge in [-0.1, -0.05) is 41.4 Å². The monoisotopic (exact) mass is 944 g/mol. The molecule has 0 aromatic heterocycles. The van der Waals surface area contributed by atoms with Gasteiger partial charge in [-0.15, -0.1) is 0 Å². The lowest BCUT2D eigenvalue weighted by Crippen LogP contribution is -2.40. The van der Waals surface area contributed by atoms with Crippen LogP contribution < -0.4 is 0 Å². The van der Waals surface area contributed by atoms with Crippen molar-refractivity contribution in [3.05, 3.63) is 74.7 Å². The molecule has 59 heavy (non-hydrogen) atoms. The molecule has 22 heteroatoms. The van der Waals surface area contributed by atoms with Gasteiger partial charge in [0.1, 0.15) is 11.1 Å². The lowest BCUT2D eigenvalue weighted by atomic mass is 9.81. The lowest BCUT2D eigenvalue weighted by Gasteiger charge is -2.36. The number of hydrogen-bond acceptors (Lipinski definition) is 16. The van der Waals surface area contributed by atoms with Gasteiger partial charge in [0.05, 0.1) is 35.5 Å². The van der Waals surface area contributed by atoms with E-state index in [0.29, 0.717) is 62.0 Å². The van der Waals surface area contributed by atoms with Gasteiger partial charge < -0.3 is 28.2 Å². The molecular weight excluding hydrogens is 900 g/mol. The number of aliphatic hydroxyl groups excluding tert-OH is 1. The summed E-state index contributed by atoms with van der Waals surface area (Å²) in [5.41, 5.74) is -0.461. The number of methoxy groups -OCH3 is 2. The molecule has 0 saturated heterocycles. The van der Waals surface area contributed by atoms with Crippen LogP contribution in [0.2, 0.25) is 10.0 Å². The first-order valence-corrected chi connectivity index (χ1v) is 24.3. The van der Waals surface area contributed by atoms with E-state index < -0.39 is 65.7 Å². The van der Waals surface area contributed by atoms with E-state index in [4.69, 9.17) is 54.8 Å². The molecule has 4 aliphatic rings. The third-order valence-electron chi connectivity index (χ3n) is 9.94. The van der Waals surface area contributed by atoms with Gasteiger partial charge in [0.25, 0.3) is 0 Å². The summed E-state index contributed by atoms with van der Waals surface area (Å²) in [6.45, 7) is 1.87. The van der Waals surface area contributed by atoms with E-state index in [2.05, 4.69) is 4.18 Å². The number of aliphatic hydroxyl groups is 1. The Balaban J connectivity index is 0.000000267. The Labute approximate surface area is 359 Å². The Morgan fingerprint density at radius 3 is 1.63 bits per heavy atom. The number of ether oxygens (including phenoxy) is 4. The molecule has 2 saturated carbocycles. The molecule has 2 heterocycles. The average molecular weight is 946 g/mol. The number of aryl methyl sites for hydroxylation is 1. The zero-order valence-electron chi connectivity index (χ0n) is 33.2. The summed E-state index contributed by atoms with van der Waals surface area (Å²) in [4.78, 5) is 25.1. The topological polar surface area (TPSA) is 229 Å². The molecule has 2 aliphatic heterocycles.